The Balaban J connectivity index is 0.00000484. The van der Waals surface area contributed by atoms with Crippen LogP contribution < -0.4 is 16.0 Å². The van der Waals surface area contributed by atoms with Gasteiger partial charge >= 0.3 is 0 Å². The third kappa shape index (κ3) is 9.60. The summed E-state index contributed by atoms with van der Waals surface area (Å²) in [7, 11) is 1.87. The van der Waals surface area contributed by atoms with Crippen molar-refractivity contribution >= 4 is 35.6 Å². The first-order valence-electron chi connectivity index (χ1n) is 7.72. The third-order valence-corrected chi connectivity index (χ3v) is 3.17. The average molecular weight is 438 g/mol. The number of hydrogen-bond donors (Lipinski definition) is 2. The topological polar surface area (TPSA) is 62.9 Å². The standard InChI is InChI=1S/C16H27FN4O.HI/c1-3-22-13-7-11-20-16(18)19-10-6-12-21(2)15-9-5-4-8-14(15)17;/h4-5,8-9H,3,6-7,10-13H2,1-2H3,(H3,18,19,20);1H. The average Bonchev–Trinajstić information content (AvgIpc) is 2.51. The van der Waals surface area contributed by atoms with Crippen molar-refractivity contribution in [1.29, 1.82) is 0 Å². The Hall–Kier alpha value is -1.09. The minimum absolute atomic E-state index is 0. The zero-order valence-corrected chi connectivity index (χ0v) is 16.3. The van der Waals surface area contributed by atoms with Gasteiger partial charge in [-0.3, -0.25) is 4.99 Å². The van der Waals surface area contributed by atoms with Gasteiger partial charge in [0.15, 0.2) is 5.96 Å². The molecule has 0 aliphatic rings. The van der Waals surface area contributed by atoms with Crippen LogP contribution in [-0.4, -0.2) is 45.9 Å². The van der Waals surface area contributed by atoms with Crippen LogP contribution in [-0.2, 0) is 4.74 Å². The molecule has 3 N–H and O–H groups in total. The molecule has 0 saturated carbocycles. The number of nitrogens with zero attached hydrogens (tertiary/aromatic N) is 2. The molecule has 0 aromatic heterocycles. The summed E-state index contributed by atoms with van der Waals surface area (Å²) in [4.78, 5) is 6.14. The number of hydrogen-bond acceptors (Lipinski definition) is 3. The quantitative estimate of drug-likeness (QED) is 0.255. The molecule has 0 saturated heterocycles. The van der Waals surface area contributed by atoms with Crippen LogP contribution in [0.1, 0.15) is 19.8 Å². The number of nitrogens with two attached hydrogens (primary N) is 1. The van der Waals surface area contributed by atoms with Gasteiger partial charge in [-0.2, -0.15) is 0 Å². The Morgan fingerprint density at radius 1 is 1.35 bits per heavy atom. The van der Waals surface area contributed by atoms with Crippen LogP contribution in [0.5, 0.6) is 0 Å². The summed E-state index contributed by atoms with van der Waals surface area (Å²) in [5.74, 6) is 0.244. The number of nitrogens with one attached hydrogen (secondary N) is 1. The van der Waals surface area contributed by atoms with Gasteiger partial charge in [0.2, 0.25) is 0 Å². The summed E-state index contributed by atoms with van der Waals surface area (Å²) in [5, 5.41) is 3.04. The van der Waals surface area contributed by atoms with Crippen LogP contribution in [0.2, 0.25) is 0 Å². The Labute approximate surface area is 155 Å². The molecule has 1 aromatic rings. The van der Waals surface area contributed by atoms with Gasteiger partial charge in [-0.05, 0) is 31.9 Å². The van der Waals surface area contributed by atoms with Crippen molar-refractivity contribution in [2.45, 2.75) is 19.8 Å². The molecule has 0 unspecified atom stereocenters. The summed E-state index contributed by atoms with van der Waals surface area (Å²) in [6.07, 6.45) is 1.71. The number of rotatable bonds is 10. The second-order valence-corrected chi connectivity index (χ2v) is 4.97. The van der Waals surface area contributed by atoms with Gasteiger partial charge in [-0.25, -0.2) is 4.39 Å². The summed E-state index contributed by atoms with van der Waals surface area (Å²) in [5.41, 5.74) is 6.37. The highest BCUT2D eigenvalue weighted by molar-refractivity contribution is 14.0. The second kappa shape index (κ2) is 13.4. The molecule has 0 aliphatic heterocycles. The Morgan fingerprint density at radius 3 is 2.78 bits per heavy atom. The number of para-hydroxylation sites is 1. The maximum Gasteiger partial charge on any atom is 0.188 e. The SMILES string of the molecule is CCOCCCNC(N)=NCCCN(C)c1ccccc1F.I. The minimum atomic E-state index is -0.205. The number of anilines is 1. The van der Waals surface area contributed by atoms with Gasteiger partial charge in [0.25, 0.3) is 0 Å². The van der Waals surface area contributed by atoms with Gasteiger partial charge in [0, 0.05) is 39.9 Å². The van der Waals surface area contributed by atoms with Gasteiger partial charge in [0.1, 0.15) is 5.82 Å². The number of ether oxygens (including phenoxy) is 1. The lowest BCUT2D eigenvalue weighted by Crippen LogP contribution is -2.33. The van der Waals surface area contributed by atoms with E-state index in [1.165, 1.54) is 6.07 Å². The molecule has 1 rings (SSSR count). The highest BCUT2D eigenvalue weighted by Crippen LogP contribution is 2.16. The fourth-order valence-electron chi connectivity index (χ4n) is 1.98. The van der Waals surface area contributed by atoms with Crippen LogP contribution in [0.25, 0.3) is 0 Å². The van der Waals surface area contributed by atoms with Crippen molar-refractivity contribution in [3.8, 4) is 0 Å². The zero-order chi connectivity index (χ0) is 16.2. The highest BCUT2D eigenvalue weighted by atomic mass is 127. The van der Waals surface area contributed by atoms with Crippen LogP contribution >= 0.6 is 24.0 Å². The molecule has 23 heavy (non-hydrogen) atoms. The van der Waals surface area contributed by atoms with Crippen molar-refractivity contribution < 1.29 is 9.13 Å². The normalized spacial score (nSPS) is 11.0. The molecule has 0 atom stereocenters. The molecule has 7 heteroatoms. The lowest BCUT2D eigenvalue weighted by atomic mass is 10.2. The fraction of sp³-hybridized carbons (Fsp3) is 0.562. The summed E-state index contributed by atoms with van der Waals surface area (Å²) < 4.78 is 18.8. The van der Waals surface area contributed by atoms with E-state index in [1.807, 2.05) is 24.9 Å². The maximum absolute atomic E-state index is 13.6. The second-order valence-electron chi connectivity index (χ2n) is 4.97. The molecule has 1 aromatic carbocycles. The van der Waals surface area contributed by atoms with Crippen LogP contribution in [0.3, 0.4) is 0 Å². The van der Waals surface area contributed by atoms with Crippen molar-refractivity contribution in [3.05, 3.63) is 30.1 Å². The Bertz CT molecular complexity index is 459. The van der Waals surface area contributed by atoms with E-state index >= 15 is 0 Å². The molecule has 0 spiro atoms. The smallest absolute Gasteiger partial charge is 0.188 e. The number of aliphatic imine (C=N–C) groups is 1. The van der Waals surface area contributed by atoms with E-state index in [9.17, 15) is 4.39 Å². The zero-order valence-electron chi connectivity index (χ0n) is 13.9. The molecule has 0 heterocycles. The van der Waals surface area contributed by atoms with Crippen molar-refractivity contribution in [2.75, 3.05) is 44.8 Å². The predicted octanol–water partition coefficient (Wildman–Crippen LogP) is 2.60. The van der Waals surface area contributed by atoms with E-state index in [0.717, 1.165) is 39.1 Å². The van der Waals surface area contributed by atoms with Crippen molar-refractivity contribution in [3.63, 3.8) is 0 Å². The summed E-state index contributed by atoms with van der Waals surface area (Å²) >= 11 is 0. The molecule has 0 amide bonds. The van der Waals surface area contributed by atoms with E-state index in [4.69, 9.17) is 10.5 Å². The lowest BCUT2D eigenvalue weighted by molar-refractivity contribution is 0.145. The van der Waals surface area contributed by atoms with Crippen LogP contribution in [0, 0.1) is 5.82 Å². The summed E-state index contributed by atoms with van der Waals surface area (Å²) in [6, 6.07) is 6.76. The van der Waals surface area contributed by atoms with E-state index < -0.39 is 0 Å². The highest BCUT2D eigenvalue weighted by Gasteiger charge is 2.05. The largest absolute Gasteiger partial charge is 0.382 e. The van der Waals surface area contributed by atoms with E-state index in [1.54, 1.807) is 12.1 Å². The lowest BCUT2D eigenvalue weighted by Gasteiger charge is -2.19. The number of guanidine groups is 1. The van der Waals surface area contributed by atoms with Crippen molar-refractivity contribution in [1.82, 2.24) is 5.32 Å². The van der Waals surface area contributed by atoms with E-state index in [-0.39, 0.29) is 29.8 Å². The molecule has 5 nitrogen and oxygen atoms in total. The molecule has 132 valence electrons. The molecule has 0 aliphatic carbocycles. The van der Waals surface area contributed by atoms with E-state index in [2.05, 4.69) is 10.3 Å². The number of halogens is 2. The van der Waals surface area contributed by atoms with Gasteiger partial charge in [-0.15, -0.1) is 24.0 Å². The van der Waals surface area contributed by atoms with Gasteiger partial charge in [-0.1, -0.05) is 12.1 Å². The Morgan fingerprint density at radius 2 is 2.09 bits per heavy atom. The molecular formula is C16H28FIN4O. The molecule has 0 radical (unpaired) electrons. The Kier molecular flexibility index (Phi) is 12.7. The van der Waals surface area contributed by atoms with Gasteiger partial charge in [0.05, 0.1) is 5.69 Å². The third-order valence-electron chi connectivity index (χ3n) is 3.17. The number of benzene rings is 1. The van der Waals surface area contributed by atoms with Crippen LogP contribution in [0.4, 0.5) is 10.1 Å². The minimum Gasteiger partial charge on any atom is -0.382 e. The maximum atomic E-state index is 13.6. The molecule has 0 fully saturated rings. The van der Waals surface area contributed by atoms with Crippen LogP contribution in [0.15, 0.2) is 29.3 Å². The van der Waals surface area contributed by atoms with Crippen molar-refractivity contribution in [2.24, 2.45) is 10.7 Å². The van der Waals surface area contributed by atoms with Gasteiger partial charge < -0.3 is 20.7 Å². The predicted molar refractivity (Wildman–Crippen MR) is 105 cm³/mol. The molecular weight excluding hydrogens is 410 g/mol. The van der Waals surface area contributed by atoms with E-state index in [0.29, 0.717) is 18.2 Å². The first kappa shape index (κ1) is 21.9. The first-order valence-corrected chi connectivity index (χ1v) is 7.72. The first-order chi connectivity index (χ1) is 10.6. The fourth-order valence-corrected chi connectivity index (χ4v) is 1.98. The summed E-state index contributed by atoms with van der Waals surface area (Å²) in [6.45, 7) is 5.53. The monoisotopic (exact) mass is 438 g/mol. The molecule has 0 bridgehead atoms.